The monoisotopic (exact) mass is 255 g/mol. The van der Waals surface area contributed by atoms with Gasteiger partial charge in [0.2, 0.25) is 0 Å². The average Bonchev–Trinajstić information content (AvgIpc) is 2.43. The van der Waals surface area contributed by atoms with E-state index in [9.17, 15) is 0 Å². The van der Waals surface area contributed by atoms with E-state index in [2.05, 4.69) is 32.9 Å². The van der Waals surface area contributed by atoms with E-state index in [1.807, 2.05) is 30.3 Å². The number of ether oxygens (including phenoxy) is 1. The van der Waals surface area contributed by atoms with Crippen LogP contribution in [0.4, 0.5) is 0 Å². The Bertz CT molecular complexity index is 546. The first-order valence-electron chi connectivity index (χ1n) is 6.71. The summed E-state index contributed by atoms with van der Waals surface area (Å²) >= 11 is 0. The predicted octanol–water partition coefficient (Wildman–Crippen LogP) is 4.51. The summed E-state index contributed by atoms with van der Waals surface area (Å²) < 4.78 is 5.84. The molecule has 0 aliphatic rings. The molecule has 1 atom stereocenters. The Kier molecular flexibility index (Phi) is 4.23. The van der Waals surface area contributed by atoms with Gasteiger partial charge in [0.15, 0.2) is 0 Å². The summed E-state index contributed by atoms with van der Waals surface area (Å²) in [6.45, 7) is 6.27. The molecule has 0 spiro atoms. The molecule has 0 aromatic heterocycles. The van der Waals surface area contributed by atoms with Gasteiger partial charge in [-0.1, -0.05) is 25.1 Å². The van der Waals surface area contributed by atoms with Crippen molar-refractivity contribution < 1.29 is 4.74 Å². The third kappa shape index (κ3) is 3.36. The molecule has 0 fully saturated rings. The number of rotatable bonds is 4. The van der Waals surface area contributed by atoms with Crippen LogP contribution < -0.4 is 10.5 Å². The molecule has 2 aromatic rings. The zero-order valence-electron chi connectivity index (χ0n) is 11.8. The summed E-state index contributed by atoms with van der Waals surface area (Å²) in [5.41, 5.74) is 9.65. The summed E-state index contributed by atoms with van der Waals surface area (Å²) in [7, 11) is 0. The van der Waals surface area contributed by atoms with Gasteiger partial charge < -0.3 is 10.5 Å². The van der Waals surface area contributed by atoms with Gasteiger partial charge in [0.25, 0.3) is 0 Å². The second kappa shape index (κ2) is 5.89. The Morgan fingerprint density at radius 3 is 2.16 bits per heavy atom. The van der Waals surface area contributed by atoms with Gasteiger partial charge in [-0.05, 0) is 61.2 Å². The van der Waals surface area contributed by atoms with Gasteiger partial charge in [0.05, 0.1) is 0 Å². The topological polar surface area (TPSA) is 35.2 Å². The van der Waals surface area contributed by atoms with Crippen molar-refractivity contribution in [1.82, 2.24) is 0 Å². The highest BCUT2D eigenvalue weighted by Crippen LogP contribution is 2.25. The van der Waals surface area contributed by atoms with Crippen LogP contribution in [0.25, 0.3) is 0 Å². The Labute approximate surface area is 115 Å². The fourth-order valence-electron chi connectivity index (χ4n) is 1.93. The fourth-order valence-corrected chi connectivity index (χ4v) is 1.93. The lowest BCUT2D eigenvalue weighted by Crippen LogP contribution is -2.07. The second-order valence-corrected chi connectivity index (χ2v) is 4.93. The largest absolute Gasteiger partial charge is 0.457 e. The van der Waals surface area contributed by atoms with E-state index in [1.54, 1.807) is 0 Å². The van der Waals surface area contributed by atoms with Crippen LogP contribution >= 0.6 is 0 Å². The molecule has 0 saturated carbocycles. The normalized spacial score (nSPS) is 12.2. The quantitative estimate of drug-likeness (QED) is 0.872. The summed E-state index contributed by atoms with van der Waals surface area (Å²) in [4.78, 5) is 0. The molecule has 19 heavy (non-hydrogen) atoms. The summed E-state index contributed by atoms with van der Waals surface area (Å²) in [5, 5.41) is 0. The minimum absolute atomic E-state index is 0.107. The molecule has 0 aliphatic heterocycles. The van der Waals surface area contributed by atoms with Crippen LogP contribution in [0.15, 0.2) is 42.5 Å². The minimum atomic E-state index is 0.107. The van der Waals surface area contributed by atoms with Crippen molar-refractivity contribution in [2.45, 2.75) is 33.2 Å². The van der Waals surface area contributed by atoms with Crippen LogP contribution in [0.5, 0.6) is 11.5 Å². The molecule has 0 aliphatic carbocycles. The molecule has 0 saturated heterocycles. The van der Waals surface area contributed by atoms with Crippen molar-refractivity contribution in [3.8, 4) is 11.5 Å². The molecule has 2 heteroatoms. The van der Waals surface area contributed by atoms with Gasteiger partial charge in [-0.15, -0.1) is 0 Å². The third-order valence-electron chi connectivity index (χ3n) is 3.46. The van der Waals surface area contributed by atoms with Crippen molar-refractivity contribution >= 4 is 0 Å². The lowest BCUT2D eigenvalue weighted by atomic mass is 10.1. The zero-order valence-corrected chi connectivity index (χ0v) is 11.8. The first-order chi connectivity index (χ1) is 9.10. The number of aryl methyl sites for hydroxylation is 2. The highest BCUT2D eigenvalue weighted by molar-refractivity contribution is 5.38. The van der Waals surface area contributed by atoms with Crippen LogP contribution in [0.3, 0.4) is 0 Å². The second-order valence-electron chi connectivity index (χ2n) is 4.93. The van der Waals surface area contributed by atoms with Crippen LogP contribution in [0, 0.1) is 13.8 Å². The van der Waals surface area contributed by atoms with Crippen molar-refractivity contribution in [3.63, 3.8) is 0 Å². The molecule has 2 nitrogen and oxygen atoms in total. The number of hydrogen-bond donors (Lipinski definition) is 1. The maximum Gasteiger partial charge on any atom is 0.127 e. The van der Waals surface area contributed by atoms with Crippen molar-refractivity contribution in [2.75, 3.05) is 0 Å². The van der Waals surface area contributed by atoms with Crippen molar-refractivity contribution in [2.24, 2.45) is 5.73 Å². The Morgan fingerprint density at radius 2 is 1.58 bits per heavy atom. The Hall–Kier alpha value is -1.80. The molecule has 0 radical (unpaired) electrons. The standard InChI is InChI=1S/C17H21NO/c1-4-17(18)14-6-9-15(10-7-14)19-16-8-5-12(2)13(3)11-16/h5-11,17H,4,18H2,1-3H3/t17-/m1/s1. The van der Waals surface area contributed by atoms with E-state index >= 15 is 0 Å². The van der Waals surface area contributed by atoms with Crippen LogP contribution in [-0.4, -0.2) is 0 Å². The van der Waals surface area contributed by atoms with E-state index < -0.39 is 0 Å². The fraction of sp³-hybridized carbons (Fsp3) is 0.294. The van der Waals surface area contributed by atoms with Gasteiger partial charge >= 0.3 is 0 Å². The van der Waals surface area contributed by atoms with Gasteiger partial charge in [-0.2, -0.15) is 0 Å². The van der Waals surface area contributed by atoms with E-state index in [4.69, 9.17) is 10.5 Å². The third-order valence-corrected chi connectivity index (χ3v) is 3.46. The molecule has 0 unspecified atom stereocenters. The van der Waals surface area contributed by atoms with Gasteiger partial charge in [-0.25, -0.2) is 0 Å². The van der Waals surface area contributed by atoms with Crippen molar-refractivity contribution in [3.05, 3.63) is 59.2 Å². The Balaban J connectivity index is 2.12. The molecule has 2 aromatic carbocycles. The molecule has 2 N–H and O–H groups in total. The lowest BCUT2D eigenvalue weighted by Gasteiger charge is -2.11. The average molecular weight is 255 g/mol. The van der Waals surface area contributed by atoms with E-state index in [0.717, 1.165) is 23.5 Å². The summed E-state index contributed by atoms with van der Waals surface area (Å²) in [5.74, 6) is 1.71. The SMILES string of the molecule is CC[C@@H](N)c1ccc(Oc2ccc(C)c(C)c2)cc1. The molecule has 0 bridgehead atoms. The van der Waals surface area contributed by atoms with E-state index in [0.29, 0.717) is 0 Å². The summed E-state index contributed by atoms with van der Waals surface area (Å²) in [6, 6.07) is 14.2. The minimum Gasteiger partial charge on any atom is -0.457 e. The molecule has 0 heterocycles. The lowest BCUT2D eigenvalue weighted by molar-refractivity contribution is 0.481. The van der Waals surface area contributed by atoms with Crippen molar-refractivity contribution in [1.29, 1.82) is 0 Å². The molecule has 100 valence electrons. The first kappa shape index (κ1) is 13.6. The molecular formula is C17H21NO. The maximum absolute atomic E-state index is 5.99. The van der Waals surface area contributed by atoms with Gasteiger partial charge in [0.1, 0.15) is 11.5 Å². The van der Waals surface area contributed by atoms with Gasteiger partial charge in [-0.3, -0.25) is 0 Å². The molecule has 0 amide bonds. The molecular weight excluding hydrogens is 234 g/mol. The Morgan fingerprint density at radius 1 is 0.947 bits per heavy atom. The van der Waals surface area contributed by atoms with Gasteiger partial charge in [0, 0.05) is 6.04 Å². The van der Waals surface area contributed by atoms with Crippen LogP contribution in [-0.2, 0) is 0 Å². The van der Waals surface area contributed by atoms with E-state index in [1.165, 1.54) is 11.1 Å². The van der Waals surface area contributed by atoms with Crippen LogP contribution in [0.2, 0.25) is 0 Å². The smallest absolute Gasteiger partial charge is 0.127 e. The predicted molar refractivity (Wildman–Crippen MR) is 79.7 cm³/mol. The highest BCUT2D eigenvalue weighted by Gasteiger charge is 2.04. The summed E-state index contributed by atoms with van der Waals surface area (Å²) in [6.07, 6.45) is 0.942. The molecule has 2 rings (SSSR count). The van der Waals surface area contributed by atoms with Crippen LogP contribution in [0.1, 0.15) is 36.1 Å². The first-order valence-corrected chi connectivity index (χ1v) is 6.71. The number of benzene rings is 2. The number of nitrogens with two attached hydrogens (primary N) is 1. The van der Waals surface area contributed by atoms with E-state index in [-0.39, 0.29) is 6.04 Å². The number of hydrogen-bond acceptors (Lipinski definition) is 2. The zero-order chi connectivity index (χ0) is 13.8. The highest BCUT2D eigenvalue weighted by atomic mass is 16.5. The maximum atomic E-state index is 5.99.